The maximum Gasteiger partial charge on any atom is 0.249 e. The molecule has 1 saturated heterocycles. The highest BCUT2D eigenvalue weighted by molar-refractivity contribution is 7.89. The van der Waals surface area contributed by atoms with E-state index >= 15 is 0 Å². The fourth-order valence-corrected chi connectivity index (χ4v) is 3.37. The number of nitrogens with two attached hydrogens (primary N) is 1. The van der Waals surface area contributed by atoms with Gasteiger partial charge in [-0.25, -0.2) is 13.1 Å². The Kier molecular flexibility index (Phi) is 6.15. The first-order valence-corrected chi connectivity index (χ1v) is 8.02. The number of carbonyl (C=O) groups is 1. The second kappa shape index (κ2) is 7.22. The van der Waals surface area contributed by atoms with E-state index < -0.39 is 15.9 Å². The molecule has 1 aliphatic heterocycles. The Morgan fingerprint density at radius 3 is 2.76 bits per heavy atom. The van der Waals surface area contributed by atoms with Crippen molar-refractivity contribution in [2.45, 2.75) is 30.7 Å². The number of amides is 1. The molecule has 0 aromatic heterocycles. The maximum absolute atomic E-state index is 12.2. The van der Waals surface area contributed by atoms with Gasteiger partial charge in [-0.1, -0.05) is 6.07 Å². The number of sulfonamides is 1. The van der Waals surface area contributed by atoms with Crippen molar-refractivity contribution in [1.82, 2.24) is 10.0 Å². The van der Waals surface area contributed by atoms with Crippen LogP contribution in [0.25, 0.3) is 0 Å². The van der Waals surface area contributed by atoms with E-state index in [1.54, 1.807) is 13.0 Å². The quantitative estimate of drug-likeness (QED) is 0.732. The summed E-state index contributed by atoms with van der Waals surface area (Å²) in [4.78, 5) is 11.3. The molecule has 1 aliphatic rings. The predicted molar refractivity (Wildman–Crippen MR) is 83.2 cm³/mol. The van der Waals surface area contributed by atoms with Crippen LogP contribution in [0.5, 0.6) is 0 Å². The van der Waals surface area contributed by atoms with Crippen LogP contribution >= 0.6 is 12.4 Å². The van der Waals surface area contributed by atoms with Crippen LogP contribution < -0.4 is 15.8 Å². The highest BCUT2D eigenvalue weighted by Gasteiger charge is 2.20. The highest BCUT2D eigenvalue weighted by Crippen LogP contribution is 2.15. The zero-order valence-electron chi connectivity index (χ0n) is 11.8. The monoisotopic (exact) mass is 333 g/mol. The van der Waals surface area contributed by atoms with Crippen LogP contribution in [-0.4, -0.2) is 33.5 Å². The van der Waals surface area contributed by atoms with Gasteiger partial charge in [0, 0.05) is 18.2 Å². The molecule has 0 radical (unpaired) electrons. The van der Waals surface area contributed by atoms with Crippen LogP contribution in [0, 0.1) is 6.92 Å². The molecule has 1 aromatic rings. The Balaban J connectivity index is 0.00000220. The van der Waals surface area contributed by atoms with Gasteiger partial charge in [-0.05, 0) is 44.0 Å². The third kappa shape index (κ3) is 4.41. The fraction of sp³-hybridized carbons (Fsp3) is 0.462. The Hall–Kier alpha value is -1.15. The molecule has 0 spiro atoms. The molecule has 1 atom stereocenters. The number of primary amides is 1. The van der Waals surface area contributed by atoms with Crippen molar-refractivity contribution in [3.63, 3.8) is 0 Å². The van der Waals surface area contributed by atoms with Gasteiger partial charge in [-0.3, -0.25) is 4.79 Å². The van der Waals surface area contributed by atoms with Crippen LogP contribution in [0.15, 0.2) is 23.1 Å². The van der Waals surface area contributed by atoms with Crippen LogP contribution in [0.3, 0.4) is 0 Å². The fourth-order valence-electron chi connectivity index (χ4n) is 2.26. The molecule has 1 aromatic carbocycles. The van der Waals surface area contributed by atoms with Crippen molar-refractivity contribution in [2.24, 2.45) is 5.73 Å². The molecular weight excluding hydrogens is 314 g/mol. The first kappa shape index (κ1) is 17.9. The smallest absolute Gasteiger partial charge is 0.249 e. The molecule has 0 aliphatic carbocycles. The zero-order valence-corrected chi connectivity index (χ0v) is 13.4. The summed E-state index contributed by atoms with van der Waals surface area (Å²) in [6, 6.07) is 4.56. The van der Waals surface area contributed by atoms with Gasteiger partial charge in [-0.2, -0.15) is 0 Å². The topological polar surface area (TPSA) is 101 Å². The molecular formula is C13H20ClN3O3S. The van der Waals surface area contributed by atoms with E-state index in [4.69, 9.17) is 5.73 Å². The Labute approximate surface area is 130 Å². The number of hydrogen-bond acceptors (Lipinski definition) is 4. The molecule has 0 saturated carbocycles. The summed E-state index contributed by atoms with van der Waals surface area (Å²) in [7, 11) is -3.62. The molecule has 8 heteroatoms. The van der Waals surface area contributed by atoms with Crippen LogP contribution in [0.4, 0.5) is 0 Å². The van der Waals surface area contributed by atoms with Crippen LogP contribution in [-0.2, 0) is 10.0 Å². The van der Waals surface area contributed by atoms with Gasteiger partial charge in [-0.15, -0.1) is 12.4 Å². The van der Waals surface area contributed by atoms with E-state index in [9.17, 15) is 13.2 Å². The van der Waals surface area contributed by atoms with Gasteiger partial charge in [0.1, 0.15) is 0 Å². The standard InChI is InChI=1S/C13H19N3O3S.ClH/c1-9-4-5-11(7-12(9)13(14)17)20(18,19)16-8-10-3-2-6-15-10;/h4-5,7,10,15-16H,2-3,6,8H2,1H3,(H2,14,17);1H. The summed E-state index contributed by atoms with van der Waals surface area (Å²) in [5.41, 5.74) is 6.13. The molecule has 1 fully saturated rings. The minimum atomic E-state index is -3.62. The summed E-state index contributed by atoms with van der Waals surface area (Å²) in [6.07, 6.45) is 2.02. The van der Waals surface area contributed by atoms with Crippen molar-refractivity contribution < 1.29 is 13.2 Å². The SMILES string of the molecule is Cc1ccc(S(=O)(=O)NCC2CCCN2)cc1C(N)=O.Cl. The molecule has 21 heavy (non-hydrogen) atoms. The average molecular weight is 334 g/mol. The van der Waals surface area contributed by atoms with E-state index in [2.05, 4.69) is 10.0 Å². The van der Waals surface area contributed by atoms with Crippen molar-refractivity contribution in [2.75, 3.05) is 13.1 Å². The molecule has 6 nitrogen and oxygen atoms in total. The Morgan fingerprint density at radius 2 is 2.19 bits per heavy atom. The van der Waals surface area contributed by atoms with Crippen molar-refractivity contribution in [1.29, 1.82) is 0 Å². The molecule has 1 heterocycles. The van der Waals surface area contributed by atoms with Gasteiger partial charge in [0.05, 0.1) is 4.90 Å². The molecule has 1 amide bonds. The van der Waals surface area contributed by atoms with Crippen molar-refractivity contribution in [3.05, 3.63) is 29.3 Å². The predicted octanol–water partition coefficient (Wildman–Crippen LogP) is 0.546. The number of rotatable bonds is 5. The van der Waals surface area contributed by atoms with Crippen LogP contribution in [0.1, 0.15) is 28.8 Å². The van der Waals surface area contributed by atoms with Gasteiger partial charge >= 0.3 is 0 Å². The van der Waals surface area contributed by atoms with E-state index in [0.29, 0.717) is 12.1 Å². The summed E-state index contributed by atoms with van der Waals surface area (Å²) >= 11 is 0. The van der Waals surface area contributed by atoms with Gasteiger partial charge in [0.2, 0.25) is 15.9 Å². The first-order valence-electron chi connectivity index (χ1n) is 6.53. The molecule has 0 bridgehead atoms. The summed E-state index contributed by atoms with van der Waals surface area (Å²) < 4.78 is 26.9. The minimum Gasteiger partial charge on any atom is -0.366 e. The number of halogens is 1. The second-order valence-electron chi connectivity index (χ2n) is 4.99. The van der Waals surface area contributed by atoms with E-state index in [-0.39, 0.29) is 28.9 Å². The molecule has 1 unspecified atom stereocenters. The average Bonchev–Trinajstić information content (AvgIpc) is 2.89. The summed E-state index contributed by atoms with van der Waals surface area (Å²) in [5.74, 6) is -0.628. The number of aryl methyl sites for hydroxylation is 1. The number of nitrogens with one attached hydrogen (secondary N) is 2. The zero-order chi connectivity index (χ0) is 14.8. The minimum absolute atomic E-state index is 0. The van der Waals surface area contributed by atoms with Gasteiger partial charge in [0.15, 0.2) is 0 Å². The van der Waals surface area contributed by atoms with E-state index in [1.165, 1.54) is 12.1 Å². The number of benzene rings is 1. The second-order valence-corrected chi connectivity index (χ2v) is 6.75. The highest BCUT2D eigenvalue weighted by atomic mass is 35.5. The maximum atomic E-state index is 12.2. The van der Waals surface area contributed by atoms with Crippen molar-refractivity contribution >= 4 is 28.3 Å². The summed E-state index contributed by atoms with van der Waals surface area (Å²) in [6.45, 7) is 2.98. The van der Waals surface area contributed by atoms with Crippen molar-refractivity contribution in [3.8, 4) is 0 Å². The summed E-state index contributed by atoms with van der Waals surface area (Å²) in [5, 5.41) is 3.22. The molecule has 4 N–H and O–H groups in total. The normalized spacial score (nSPS) is 18.2. The van der Waals surface area contributed by atoms with E-state index in [1.807, 2.05) is 0 Å². The lowest BCUT2D eigenvalue weighted by Crippen LogP contribution is -2.37. The Morgan fingerprint density at radius 1 is 1.48 bits per heavy atom. The first-order chi connectivity index (χ1) is 9.40. The largest absolute Gasteiger partial charge is 0.366 e. The van der Waals surface area contributed by atoms with Crippen LogP contribution in [0.2, 0.25) is 0 Å². The van der Waals surface area contributed by atoms with Gasteiger partial charge in [0.25, 0.3) is 0 Å². The van der Waals surface area contributed by atoms with Gasteiger partial charge < -0.3 is 11.1 Å². The van der Waals surface area contributed by atoms with E-state index in [0.717, 1.165) is 19.4 Å². The number of carbonyl (C=O) groups excluding carboxylic acids is 1. The third-order valence-corrected chi connectivity index (χ3v) is 4.89. The lowest BCUT2D eigenvalue weighted by molar-refractivity contribution is 0.0999. The number of hydrogen-bond donors (Lipinski definition) is 3. The molecule has 2 rings (SSSR count). The molecule has 118 valence electrons. The Bertz CT molecular complexity index is 613. The third-order valence-electron chi connectivity index (χ3n) is 3.47. The lowest BCUT2D eigenvalue weighted by atomic mass is 10.1. The lowest BCUT2D eigenvalue weighted by Gasteiger charge is -2.13.